The second-order valence-electron chi connectivity index (χ2n) is 6.60. The molecule has 0 bridgehead atoms. The highest BCUT2D eigenvalue weighted by Crippen LogP contribution is 2.37. The quantitative estimate of drug-likeness (QED) is 0.802. The Morgan fingerprint density at radius 1 is 1.23 bits per heavy atom. The highest BCUT2D eigenvalue weighted by molar-refractivity contribution is 6.62. The zero-order chi connectivity index (χ0) is 16.1. The van der Waals surface area contributed by atoms with E-state index in [4.69, 9.17) is 14.0 Å². The van der Waals surface area contributed by atoms with Crippen LogP contribution < -0.4 is 15.1 Å². The number of benzene rings is 1. The maximum Gasteiger partial charge on any atom is 0.494 e. The molecule has 0 spiro atoms. The van der Waals surface area contributed by atoms with Crippen LogP contribution in [0.5, 0.6) is 5.75 Å². The molecular formula is C15H20BNO5. The number of hydrogen-bond acceptors (Lipinski definition) is 4. The van der Waals surface area contributed by atoms with Crippen molar-refractivity contribution in [1.29, 1.82) is 0 Å². The molecule has 118 valence electrons. The van der Waals surface area contributed by atoms with Gasteiger partial charge in [0, 0.05) is 0 Å². The molecule has 2 heterocycles. The molecule has 1 aromatic rings. The van der Waals surface area contributed by atoms with Gasteiger partial charge in [0.15, 0.2) is 0 Å². The molecule has 3 rings (SSSR count). The van der Waals surface area contributed by atoms with Crippen LogP contribution >= 0.6 is 0 Å². The molecule has 6 nitrogen and oxygen atoms in total. The molecule has 0 unspecified atom stereocenters. The van der Waals surface area contributed by atoms with Crippen molar-refractivity contribution in [2.45, 2.75) is 38.9 Å². The Bertz CT molecular complexity index is 600. The lowest BCUT2D eigenvalue weighted by Crippen LogP contribution is -2.41. The summed E-state index contributed by atoms with van der Waals surface area (Å²) in [4.78, 5) is 12.6. The van der Waals surface area contributed by atoms with Gasteiger partial charge in [-0.1, -0.05) is 6.07 Å². The fourth-order valence-electron chi connectivity index (χ4n) is 2.56. The number of ether oxygens (including phenoxy) is 1. The molecule has 0 aliphatic carbocycles. The van der Waals surface area contributed by atoms with Gasteiger partial charge in [0.05, 0.1) is 23.4 Å². The maximum atomic E-state index is 11.4. The fraction of sp³-hybridized carbons (Fsp3) is 0.533. The van der Waals surface area contributed by atoms with E-state index in [9.17, 15) is 9.90 Å². The van der Waals surface area contributed by atoms with Crippen LogP contribution in [0.15, 0.2) is 18.2 Å². The average molecular weight is 305 g/mol. The number of anilines is 1. The van der Waals surface area contributed by atoms with Gasteiger partial charge < -0.3 is 19.2 Å². The van der Waals surface area contributed by atoms with Crippen molar-refractivity contribution < 1.29 is 23.9 Å². The maximum absolute atomic E-state index is 11.4. The minimum absolute atomic E-state index is 0.315. The number of hydrogen-bond donors (Lipinski definition) is 1. The van der Waals surface area contributed by atoms with Crippen LogP contribution in [0.3, 0.4) is 0 Å². The van der Waals surface area contributed by atoms with E-state index in [0.717, 1.165) is 5.46 Å². The average Bonchev–Trinajstić information content (AvgIpc) is 2.66. The van der Waals surface area contributed by atoms with E-state index in [1.807, 2.05) is 33.8 Å². The largest absolute Gasteiger partial charge is 0.494 e. The van der Waals surface area contributed by atoms with E-state index >= 15 is 0 Å². The highest BCUT2D eigenvalue weighted by Gasteiger charge is 2.51. The first-order valence-electron chi connectivity index (χ1n) is 7.34. The molecule has 1 fully saturated rings. The van der Waals surface area contributed by atoms with Gasteiger partial charge >= 0.3 is 13.2 Å². The predicted molar refractivity (Wildman–Crippen MR) is 83.0 cm³/mol. The van der Waals surface area contributed by atoms with E-state index in [2.05, 4.69) is 0 Å². The summed E-state index contributed by atoms with van der Waals surface area (Å²) in [5.41, 5.74) is 0.452. The number of amides is 1. The third-order valence-corrected chi connectivity index (χ3v) is 4.60. The first-order chi connectivity index (χ1) is 10.2. The first-order valence-corrected chi connectivity index (χ1v) is 7.34. The van der Waals surface area contributed by atoms with Crippen LogP contribution in [0, 0.1) is 0 Å². The zero-order valence-corrected chi connectivity index (χ0v) is 13.3. The van der Waals surface area contributed by atoms with Gasteiger partial charge in [0.2, 0.25) is 0 Å². The second kappa shape index (κ2) is 4.89. The highest BCUT2D eigenvalue weighted by atomic mass is 16.7. The SMILES string of the molecule is CC1(C)OB(c2ccc3c(c2)N(C(=O)O)CCO3)OC1(C)C. The van der Waals surface area contributed by atoms with Crippen LogP contribution in [0.25, 0.3) is 0 Å². The Hall–Kier alpha value is -1.73. The Morgan fingerprint density at radius 3 is 2.45 bits per heavy atom. The number of carboxylic acid groups (broad SMARTS) is 1. The van der Waals surface area contributed by atoms with Crippen molar-refractivity contribution in [1.82, 2.24) is 0 Å². The molecule has 1 amide bonds. The number of nitrogens with zero attached hydrogens (tertiary/aromatic N) is 1. The Labute approximate surface area is 130 Å². The smallest absolute Gasteiger partial charge is 0.490 e. The van der Waals surface area contributed by atoms with E-state index in [1.54, 1.807) is 12.1 Å². The minimum Gasteiger partial charge on any atom is -0.490 e. The van der Waals surface area contributed by atoms with Gasteiger partial charge in [0.1, 0.15) is 12.4 Å². The summed E-state index contributed by atoms with van der Waals surface area (Å²) < 4.78 is 17.5. The van der Waals surface area contributed by atoms with Gasteiger partial charge in [-0.2, -0.15) is 0 Å². The lowest BCUT2D eigenvalue weighted by Gasteiger charge is -2.32. The van der Waals surface area contributed by atoms with Crippen LogP contribution in [0.1, 0.15) is 27.7 Å². The van der Waals surface area contributed by atoms with Crippen molar-refractivity contribution in [3.8, 4) is 5.75 Å². The molecule has 0 radical (unpaired) electrons. The fourth-order valence-corrected chi connectivity index (χ4v) is 2.56. The van der Waals surface area contributed by atoms with Gasteiger partial charge in [-0.3, -0.25) is 4.90 Å². The Kier molecular flexibility index (Phi) is 3.38. The van der Waals surface area contributed by atoms with Gasteiger partial charge in [-0.25, -0.2) is 4.79 Å². The summed E-state index contributed by atoms with van der Waals surface area (Å²) in [6.45, 7) is 8.61. The van der Waals surface area contributed by atoms with Crippen LogP contribution in [0.4, 0.5) is 10.5 Å². The van der Waals surface area contributed by atoms with Crippen LogP contribution in [-0.2, 0) is 9.31 Å². The summed E-state index contributed by atoms with van der Waals surface area (Å²) in [6.07, 6.45) is -0.990. The lowest BCUT2D eigenvalue weighted by atomic mass is 9.78. The molecule has 0 saturated carbocycles. The van der Waals surface area contributed by atoms with Crippen LogP contribution in [0.2, 0.25) is 0 Å². The Morgan fingerprint density at radius 2 is 1.86 bits per heavy atom. The Balaban J connectivity index is 1.94. The summed E-state index contributed by atoms with van der Waals surface area (Å²) in [7, 11) is -0.520. The topological polar surface area (TPSA) is 68.2 Å². The van der Waals surface area contributed by atoms with Crippen molar-refractivity contribution in [2.24, 2.45) is 0 Å². The molecule has 7 heteroatoms. The summed E-state index contributed by atoms with van der Waals surface area (Å²) in [5, 5.41) is 9.32. The van der Waals surface area contributed by atoms with Crippen molar-refractivity contribution >= 4 is 24.4 Å². The lowest BCUT2D eigenvalue weighted by molar-refractivity contribution is 0.00578. The monoisotopic (exact) mass is 305 g/mol. The van der Waals surface area contributed by atoms with Gasteiger partial charge in [-0.05, 0) is 45.3 Å². The van der Waals surface area contributed by atoms with E-state index < -0.39 is 24.4 Å². The zero-order valence-electron chi connectivity index (χ0n) is 13.3. The van der Waals surface area contributed by atoms with E-state index in [-0.39, 0.29) is 0 Å². The summed E-state index contributed by atoms with van der Waals surface area (Å²) in [5.74, 6) is 0.564. The number of carbonyl (C=O) groups is 1. The minimum atomic E-state index is -0.990. The molecule has 22 heavy (non-hydrogen) atoms. The third kappa shape index (κ3) is 2.34. The standard InChI is InChI=1S/C15H20BNO5/c1-14(2)15(3,4)22-16(21-14)10-5-6-12-11(9-10)17(13(18)19)7-8-20-12/h5-6,9H,7-8H2,1-4H3,(H,18,19). The number of rotatable bonds is 1. The first kappa shape index (κ1) is 15.2. The van der Waals surface area contributed by atoms with Crippen molar-refractivity contribution in [3.63, 3.8) is 0 Å². The normalized spacial score (nSPS) is 22.2. The molecule has 1 N–H and O–H groups in total. The summed E-state index contributed by atoms with van der Waals surface area (Å²) >= 11 is 0. The molecule has 0 aromatic heterocycles. The molecule has 2 aliphatic heterocycles. The number of fused-ring (bicyclic) bond motifs is 1. The summed E-state index contributed by atoms with van der Waals surface area (Å²) in [6, 6.07) is 5.39. The molecule has 0 atom stereocenters. The molecule has 1 aromatic carbocycles. The third-order valence-electron chi connectivity index (χ3n) is 4.60. The molecular weight excluding hydrogens is 285 g/mol. The van der Waals surface area contributed by atoms with E-state index in [0.29, 0.717) is 24.6 Å². The van der Waals surface area contributed by atoms with Gasteiger partial charge in [-0.15, -0.1) is 0 Å². The molecule has 1 saturated heterocycles. The van der Waals surface area contributed by atoms with Gasteiger partial charge in [0.25, 0.3) is 0 Å². The van der Waals surface area contributed by atoms with E-state index in [1.165, 1.54) is 4.90 Å². The molecule has 2 aliphatic rings. The van der Waals surface area contributed by atoms with Crippen molar-refractivity contribution in [2.75, 3.05) is 18.1 Å². The van der Waals surface area contributed by atoms with Crippen molar-refractivity contribution in [3.05, 3.63) is 18.2 Å². The van der Waals surface area contributed by atoms with Crippen LogP contribution in [-0.4, -0.2) is 42.7 Å². The second-order valence-corrected chi connectivity index (χ2v) is 6.60. The predicted octanol–water partition coefficient (Wildman–Crippen LogP) is 1.86.